The number of aryl methyl sites for hydroxylation is 1. The van der Waals surface area contributed by atoms with Gasteiger partial charge < -0.3 is 4.42 Å². The van der Waals surface area contributed by atoms with E-state index in [0.29, 0.717) is 0 Å². The Bertz CT molecular complexity index is 1270. The second-order valence-corrected chi connectivity index (χ2v) is 9.20. The molecule has 1 aliphatic rings. The van der Waals surface area contributed by atoms with Gasteiger partial charge in [0.25, 0.3) is 0 Å². The molecule has 2 atom stereocenters. The van der Waals surface area contributed by atoms with E-state index in [9.17, 15) is 0 Å². The number of furan rings is 1. The third-order valence-electron chi connectivity index (χ3n) is 8.02. The molecule has 0 radical (unpaired) electrons. The Kier molecular flexibility index (Phi) is 4.32. The molecule has 0 fully saturated rings. The number of rotatable bonds is 4. The number of para-hydroxylation sites is 1. The SMILES string of the molecule is CCCC1(CC)[n+]2ccccc2-c2c(ccc3c2oc2c(C)cccc23)C1(C)CC. The lowest BCUT2D eigenvalue weighted by Gasteiger charge is -2.48. The molecule has 0 spiro atoms. The largest absolute Gasteiger partial charge is 0.455 e. The minimum absolute atomic E-state index is 0.0360. The maximum Gasteiger partial charge on any atom is 0.217 e. The first-order chi connectivity index (χ1) is 14.5. The van der Waals surface area contributed by atoms with Gasteiger partial charge in [0.2, 0.25) is 5.69 Å². The van der Waals surface area contributed by atoms with Gasteiger partial charge >= 0.3 is 0 Å². The van der Waals surface area contributed by atoms with Gasteiger partial charge in [-0.15, -0.1) is 0 Å². The van der Waals surface area contributed by atoms with Crippen molar-refractivity contribution in [3.8, 4) is 11.3 Å². The predicted octanol–water partition coefficient (Wildman–Crippen LogP) is 7.44. The van der Waals surface area contributed by atoms with E-state index in [1.54, 1.807) is 0 Å². The number of nitrogens with zero attached hydrogens (tertiary/aromatic N) is 1. The Morgan fingerprint density at radius 1 is 0.867 bits per heavy atom. The summed E-state index contributed by atoms with van der Waals surface area (Å²) in [6.45, 7) is 11.6. The van der Waals surface area contributed by atoms with Gasteiger partial charge in [0.15, 0.2) is 11.7 Å². The van der Waals surface area contributed by atoms with Crippen molar-refractivity contribution >= 4 is 21.9 Å². The first-order valence-corrected chi connectivity index (χ1v) is 11.5. The number of aromatic nitrogens is 1. The molecule has 154 valence electrons. The van der Waals surface area contributed by atoms with Crippen molar-refractivity contribution in [3.05, 3.63) is 65.9 Å². The average molecular weight is 399 g/mol. The summed E-state index contributed by atoms with van der Waals surface area (Å²) in [6.07, 6.45) is 6.86. The zero-order chi connectivity index (χ0) is 21.1. The summed E-state index contributed by atoms with van der Waals surface area (Å²) in [5.74, 6) is 0. The Labute approximate surface area is 179 Å². The van der Waals surface area contributed by atoms with Gasteiger partial charge in [-0.2, -0.15) is 4.57 Å². The van der Waals surface area contributed by atoms with E-state index < -0.39 is 0 Å². The van der Waals surface area contributed by atoms with Crippen molar-refractivity contribution in [3.63, 3.8) is 0 Å². The number of hydrogen-bond acceptors (Lipinski definition) is 1. The van der Waals surface area contributed by atoms with E-state index in [4.69, 9.17) is 4.42 Å². The van der Waals surface area contributed by atoms with Crippen LogP contribution in [0.15, 0.2) is 59.1 Å². The highest BCUT2D eigenvalue weighted by atomic mass is 16.3. The van der Waals surface area contributed by atoms with Crippen molar-refractivity contribution in [1.82, 2.24) is 0 Å². The van der Waals surface area contributed by atoms with Crippen LogP contribution < -0.4 is 4.57 Å². The molecule has 2 nitrogen and oxygen atoms in total. The molecule has 1 aliphatic heterocycles. The van der Waals surface area contributed by atoms with Crippen LogP contribution in [0.25, 0.3) is 33.2 Å². The third kappa shape index (κ3) is 2.23. The lowest BCUT2D eigenvalue weighted by atomic mass is 9.58. The smallest absolute Gasteiger partial charge is 0.217 e. The lowest BCUT2D eigenvalue weighted by Crippen LogP contribution is -2.69. The molecule has 2 unspecified atom stereocenters. The van der Waals surface area contributed by atoms with Crippen LogP contribution in [0.1, 0.15) is 64.5 Å². The van der Waals surface area contributed by atoms with Gasteiger partial charge in [-0.25, -0.2) is 0 Å². The zero-order valence-corrected chi connectivity index (χ0v) is 18.9. The van der Waals surface area contributed by atoms with E-state index in [-0.39, 0.29) is 11.0 Å². The molecule has 0 saturated heterocycles. The topological polar surface area (TPSA) is 17.0 Å². The summed E-state index contributed by atoms with van der Waals surface area (Å²) < 4.78 is 9.21. The van der Waals surface area contributed by atoms with Crippen LogP contribution in [0.2, 0.25) is 0 Å². The molecule has 3 heterocycles. The number of pyridine rings is 1. The predicted molar refractivity (Wildman–Crippen MR) is 125 cm³/mol. The molecule has 2 aromatic carbocycles. The van der Waals surface area contributed by atoms with Gasteiger partial charge in [-0.05, 0) is 43.9 Å². The third-order valence-corrected chi connectivity index (χ3v) is 8.02. The maximum atomic E-state index is 6.62. The Morgan fingerprint density at radius 3 is 2.40 bits per heavy atom. The summed E-state index contributed by atoms with van der Waals surface area (Å²) in [5.41, 5.74) is 7.37. The zero-order valence-electron chi connectivity index (χ0n) is 18.9. The number of benzene rings is 2. The summed E-state index contributed by atoms with van der Waals surface area (Å²) in [5, 5.41) is 2.44. The van der Waals surface area contributed by atoms with E-state index in [1.807, 2.05) is 0 Å². The van der Waals surface area contributed by atoms with Crippen LogP contribution in [-0.4, -0.2) is 0 Å². The highest BCUT2D eigenvalue weighted by Crippen LogP contribution is 2.53. The summed E-state index contributed by atoms with van der Waals surface area (Å²) in [4.78, 5) is 0. The van der Waals surface area contributed by atoms with Crippen LogP contribution in [0, 0.1) is 6.92 Å². The van der Waals surface area contributed by atoms with Crippen LogP contribution in [0.5, 0.6) is 0 Å². The first-order valence-electron chi connectivity index (χ1n) is 11.5. The standard InChI is InChI=1S/C28H32NO/c1-6-17-28(8-3)27(5,7-2)22-16-15-21-20-13-11-12-19(4)25(20)30-26(21)24(22)23-14-9-10-18-29(23)28/h9-16,18H,6-8,17H2,1-5H3/q+1. The van der Waals surface area contributed by atoms with Crippen molar-refractivity contribution in [2.24, 2.45) is 0 Å². The van der Waals surface area contributed by atoms with Crippen molar-refractivity contribution < 1.29 is 8.98 Å². The minimum atomic E-state index is 0.0360. The van der Waals surface area contributed by atoms with E-state index in [1.165, 1.54) is 46.0 Å². The van der Waals surface area contributed by atoms with Crippen molar-refractivity contribution in [2.75, 3.05) is 0 Å². The summed E-state index contributed by atoms with van der Waals surface area (Å²) >= 11 is 0. The molecule has 0 N–H and O–H groups in total. The van der Waals surface area contributed by atoms with Crippen LogP contribution in [0.4, 0.5) is 0 Å². The van der Waals surface area contributed by atoms with Crippen LogP contribution >= 0.6 is 0 Å². The maximum absolute atomic E-state index is 6.62. The van der Waals surface area contributed by atoms with E-state index in [2.05, 4.69) is 93.9 Å². The second kappa shape index (κ2) is 6.70. The lowest BCUT2D eigenvalue weighted by molar-refractivity contribution is -0.770. The van der Waals surface area contributed by atoms with Gasteiger partial charge in [0.1, 0.15) is 11.2 Å². The Hall–Kier alpha value is -2.61. The summed E-state index contributed by atoms with van der Waals surface area (Å²) in [7, 11) is 0. The number of hydrogen-bond donors (Lipinski definition) is 0. The number of fused-ring (bicyclic) bond motifs is 7. The molecular formula is C28H32NO+. The molecular weight excluding hydrogens is 366 g/mol. The van der Waals surface area contributed by atoms with Crippen molar-refractivity contribution in [1.29, 1.82) is 0 Å². The minimum Gasteiger partial charge on any atom is -0.455 e. The van der Waals surface area contributed by atoms with Crippen LogP contribution in [0.3, 0.4) is 0 Å². The van der Waals surface area contributed by atoms with Gasteiger partial charge in [-0.1, -0.05) is 51.1 Å². The highest BCUT2D eigenvalue weighted by molar-refractivity contribution is 6.10. The molecule has 0 aliphatic carbocycles. The van der Waals surface area contributed by atoms with E-state index in [0.717, 1.165) is 24.0 Å². The molecule has 2 heteroatoms. The van der Waals surface area contributed by atoms with Crippen LogP contribution in [-0.2, 0) is 11.0 Å². The second-order valence-electron chi connectivity index (χ2n) is 9.20. The molecule has 4 aromatic rings. The van der Waals surface area contributed by atoms with Gasteiger partial charge in [0, 0.05) is 35.7 Å². The highest BCUT2D eigenvalue weighted by Gasteiger charge is 2.59. The Morgan fingerprint density at radius 2 is 1.67 bits per heavy atom. The molecule has 2 aromatic heterocycles. The van der Waals surface area contributed by atoms with E-state index >= 15 is 0 Å². The molecule has 0 bridgehead atoms. The first kappa shape index (κ1) is 19.4. The van der Waals surface area contributed by atoms with Gasteiger partial charge in [-0.3, -0.25) is 0 Å². The fraction of sp³-hybridized carbons (Fsp3) is 0.393. The van der Waals surface area contributed by atoms with Gasteiger partial charge in [0.05, 0.1) is 11.0 Å². The van der Waals surface area contributed by atoms with Crippen molar-refractivity contribution in [2.45, 2.75) is 71.3 Å². The monoisotopic (exact) mass is 398 g/mol. The summed E-state index contributed by atoms with van der Waals surface area (Å²) in [6, 6.07) is 17.8. The Balaban J connectivity index is 1.97. The average Bonchev–Trinajstić information content (AvgIpc) is 3.16. The fourth-order valence-corrected chi connectivity index (χ4v) is 6.32. The normalized spacial score (nSPS) is 23.0. The molecule has 0 amide bonds. The quantitative estimate of drug-likeness (QED) is 0.327. The molecule has 0 saturated carbocycles. The molecule has 5 rings (SSSR count). The molecule has 30 heavy (non-hydrogen) atoms. The fourth-order valence-electron chi connectivity index (χ4n) is 6.32.